The number of nitrogens with zero attached hydrogens (tertiary/aromatic N) is 1. The summed E-state index contributed by atoms with van der Waals surface area (Å²) in [6.07, 6.45) is 0. The summed E-state index contributed by atoms with van der Waals surface area (Å²) in [4.78, 5) is 25.5. The van der Waals surface area contributed by atoms with Gasteiger partial charge in [0.25, 0.3) is 5.56 Å². The summed E-state index contributed by atoms with van der Waals surface area (Å²) >= 11 is 1.20. The van der Waals surface area contributed by atoms with Crippen molar-refractivity contribution >= 4 is 17.3 Å². The van der Waals surface area contributed by atoms with E-state index in [2.05, 4.69) is 0 Å². The van der Waals surface area contributed by atoms with Crippen LogP contribution in [0.25, 0.3) is 5.69 Å². The Balaban J connectivity index is 2.08. The SMILES string of the molecule is Cc1ccc(-n2sc(C(=O)c3ccccc3)c(C)c2=O)cc1. The van der Waals surface area contributed by atoms with Crippen LogP contribution in [0.4, 0.5) is 0 Å². The highest BCUT2D eigenvalue weighted by Gasteiger charge is 2.19. The lowest BCUT2D eigenvalue weighted by atomic mass is 10.1. The molecule has 2 aromatic carbocycles. The first-order valence-corrected chi connectivity index (χ1v) is 7.75. The number of ketones is 1. The van der Waals surface area contributed by atoms with Gasteiger partial charge in [-0.2, -0.15) is 0 Å². The third kappa shape index (κ3) is 2.53. The molecule has 0 atom stereocenters. The highest BCUT2D eigenvalue weighted by atomic mass is 32.1. The Hall–Kier alpha value is -2.46. The fourth-order valence-corrected chi connectivity index (χ4v) is 3.29. The number of carbonyl (C=O) groups excluding carboxylic acids is 1. The molecule has 0 fully saturated rings. The Bertz CT molecular complexity index is 874. The molecular formula is C18H15NO2S. The van der Waals surface area contributed by atoms with Crippen molar-refractivity contribution in [3.8, 4) is 5.69 Å². The van der Waals surface area contributed by atoms with E-state index in [0.29, 0.717) is 16.0 Å². The Morgan fingerprint density at radius 2 is 1.59 bits per heavy atom. The molecule has 0 saturated heterocycles. The molecule has 4 heteroatoms. The van der Waals surface area contributed by atoms with Gasteiger partial charge < -0.3 is 0 Å². The zero-order valence-corrected chi connectivity index (χ0v) is 13.2. The first-order valence-electron chi connectivity index (χ1n) is 6.97. The van der Waals surface area contributed by atoms with Crippen LogP contribution in [-0.2, 0) is 0 Å². The Morgan fingerprint density at radius 1 is 0.955 bits per heavy atom. The fourth-order valence-electron chi connectivity index (χ4n) is 2.23. The first kappa shape index (κ1) is 14.5. The number of carbonyl (C=O) groups is 1. The van der Waals surface area contributed by atoms with Gasteiger partial charge in [-0.05, 0) is 37.5 Å². The maximum atomic E-state index is 12.6. The standard InChI is InChI=1S/C18H15NO2S/c1-12-8-10-15(11-9-12)19-18(21)13(2)17(22-19)16(20)14-6-4-3-5-7-14/h3-11H,1-2H3. The molecule has 3 nitrogen and oxygen atoms in total. The smallest absolute Gasteiger partial charge is 0.268 e. The van der Waals surface area contributed by atoms with Gasteiger partial charge in [-0.25, -0.2) is 3.96 Å². The quantitative estimate of drug-likeness (QED) is 0.691. The number of aromatic nitrogens is 1. The van der Waals surface area contributed by atoms with Crippen molar-refractivity contribution in [2.24, 2.45) is 0 Å². The van der Waals surface area contributed by atoms with Gasteiger partial charge in [0.1, 0.15) is 4.88 Å². The van der Waals surface area contributed by atoms with Crippen LogP contribution in [0.15, 0.2) is 59.4 Å². The van der Waals surface area contributed by atoms with Gasteiger partial charge in [-0.15, -0.1) is 0 Å². The fraction of sp³-hybridized carbons (Fsp3) is 0.111. The molecule has 22 heavy (non-hydrogen) atoms. The maximum Gasteiger partial charge on any atom is 0.268 e. The van der Waals surface area contributed by atoms with E-state index in [1.54, 1.807) is 23.0 Å². The molecule has 0 saturated carbocycles. The average Bonchev–Trinajstić information content (AvgIpc) is 2.84. The molecule has 3 rings (SSSR count). The van der Waals surface area contributed by atoms with Gasteiger partial charge in [-0.1, -0.05) is 48.0 Å². The van der Waals surface area contributed by atoms with E-state index < -0.39 is 0 Å². The molecular weight excluding hydrogens is 294 g/mol. The molecule has 3 aromatic rings. The van der Waals surface area contributed by atoms with Crippen molar-refractivity contribution in [1.29, 1.82) is 0 Å². The third-order valence-electron chi connectivity index (χ3n) is 3.54. The number of aryl methyl sites for hydroxylation is 1. The van der Waals surface area contributed by atoms with E-state index in [-0.39, 0.29) is 11.3 Å². The van der Waals surface area contributed by atoms with E-state index >= 15 is 0 Å². The molecule has 0 radical (unpaired) electrons. The number of rotatable bonds is 3. The number of benzene rings is 2. The molecule has 0 aliphatic carbocycles. The maximum absolute atomic E-state index is 12.6. The van der Waals surface area contributed by atoms with Crippen molar-refractivity contribution in [2.75, 3.05) is 0 Å². The Labute approximate surface area is 132 Å². The van der Waals surface area contributed by atoms with Crippen LogP contribution in [0.2, 0.25) is 0 Å². The highest BCUT2D eigenvalue weighted by Crippen LogP contribution is 2.20. The van der Waals surface area contributed by atoms with Crippen molar-refractivity contribution in [2.45, 2.75) is 13.8 Å². The van der Waals surface area contributed by atoms with Crippen LogP contribution < -0.4 is 5.56 Å². The van der Waals surface area contributed by atoms with Gasteiger partial charge in [0.05, 0.1) is 5.69 Å². The summed E-state index contributed by atoms with van der Waals surface area (Å²) in [7, 11) is 0. The van der Waals surface area contributed by atoms with Crippen molar-refractivity contribution in [3.05, 3.63) is 86.5 Å². The van der Waals surface area contributed by atoms with Crippen molar-refractivity contribution in [3.63, 3.8) is 0 Å². The lowest BCUT2D eigenvalue weighted by molar-refractivity contribution is 0.104. The minimum absolute atomic E-state index is 0.105. The van der Waals surface area contributed by atoms with E-state index in [1.165, 1.54) is 11.5 Å². The molecule has 0 aliphatic rings. The van der Waals surface area contributed by atoms with Crippen LogP contribution >= 0.6 is 11.5 Å². The summed E-state index contributed by atoms with van der Waals surface area (Å²) in [6, 6.07) is 16.7. The van der Waals surface area contributed by atoms with E-state index in [4.69, 9.17) is 0 Å². The number of hydrogen-bond acceptors (Lipinski definition) is 3. The lowest BCUT2D eigenvalue weighted by Crippen LogP contribution is -2.13. The molecule has 0 N–H and O–H groups in total. The van der Waals surface area contributed by atoms with E-state index in [0.717, 1.165) is 11.3 Å². The molecule has 0 unspecified atom stereocenters. The van der Waals surface area contributed by atoms with Gasteiger partial charge in [0.2, 0.25) is 5.78 Å². The Morgan fingerprint density at radius 3 is 2.23 bits per heavy atom. The number of hydrogen-bond donors (Lipinski definition) is 0. The lowest BCUT2D eigenvalue weighted by Gasteiger charge is -2.00. The topological polar surface area (TPSA) is 39.1 Å². The minimum Gasteiger partial charge on any atom is -0.288 e. The second kappa shape index (κ2) is 5.73. The second-order valence-electron chi connectivity index (χ2n) is 5.18. The van der Waals surface area contributed by atoms with Crippen LogP contribution in [-0.4, -0.2) is 9.74 Å². The zero-order valence-electron chi connectivity index (χ0n) is 12.4. The van der Waals surface area contributed by atoms with E-state index in [9.17, 15) is 9.59 Å². The van der Waals surface area contributed by atoms with Gasteiger partial charge >= 0.3 is 0 Å². The summed E-state index contributed by atoms with van der Waals surface area (Å²) in [6.45, 7) is 3.70. The average molecular weight is 309 g/mol. The van der Waals surface area contributed by atoms with Crippen LogP contribution in [0.5, 0.6) is 0 Å². The summed E-state index contributed by atoms with van der Waals surface area (Å²) in [5.74, 6) is -0.105. The van der Waals surface area contributed by atoms with Crippen LogP contribution in [0.1, 0.15) is 26.4 Å². The largest absolute Gasteiger partial charge is 0.288 e. The minimum atomic E-state index is -0.131. The summed E-state index contributed by atoms with van der Waals surface area (Å²) in [5.41, 5.74) is 2.89. The van der Waals surface area contributed by atoms with Crippen LogP contribution in [0.3, 0.4) is 0 Å². The molecule has 1 heterocycles. The third-order valence-corrected chi connectivity index (χ3v) is 4.77. The normalized spacial score (nSPS) is 10.6. The Kier molecular flexibility index (Phi) is 3.77. The molecule has 0 spiro atoms. The predicted octanol–water partition coefficient (Wildman–Crippen LogP) is 3.75. The highest BCUT2D eigenvalue weighted by molar-refractivity contribution is 7.09. The first-order chi connectivity index (χ1) is 10.6. The van der Waals surface area contributed by atoms with Crippen molar-refractivity contribution < 1.29 is 4.79 Å². The van der Waals surface area contributed by atoms with Gasteiger partial charge in [-0.3, -0.25) is 9.59 Å². The zero-order chi connectivity index (χ0) is 15.7. The van der Waals surface area contributed by atoms with E-state index in [1.807, 2.05) is 49.4 Å². The van der Waals surface area contributed by atoms with Gasteiger partial charge in [0.15, 0.2) is 0 Å². The summed E-state index contributed by atoms with van der Waals surface area (Å²) < 4.78 is 1.57. The van der Waals surface area contributed by atoms with Crippen LogP contribution in [0, 0.1) is 13.8 Å². The molecule has 0 amide bonds. The summed E-state index contributed by atoms with van der Waals surface area (Å²) in [5, 5.41) is 0. The molecule has 1 aromatic heterocycles. The molecule has 0 bridgehead atoms. The van der Waals surface area contributed by atoms with Crippen molar-refractivity contribution in [1.82, 2.24) is 3.96 Å². The molecule has 110 valence electrons. The molecule has 0 aliphatic heterocycles. The monoisotopic (exact) mass is 309 g/mol. The second-order valence-corrected chi connectivity index (χ2v) is 6.13. The predicted molar refractivity (Wildman–Crippen MR) is 89.3 cm³/mol. The van der Waals surface area contributed by atoms with Gasteiger partial charge in [0, 0.05) is 11.1 Å².